The van der Waals surface area contributed by atoms with Crippen LogP contribution in [0, 0.1) is 0 Å². The summed E-state index contributed by atoms with van der Waals surface area (Å²) < 4.78 is 0. The van der Waals surface area contributed by atoms with E-state index in [0.717, 1.165) is 32.4 Å². The molecule has 0 spiro atoms. The lowest BCUT2D eigenvalue weighted by Gasteiger charge is -2.21. The van der Waals surface area contributed by atoms with Gasteiger partial charge in [-0.25, -0.2) is 0 Å². The third-order valence-electron chi connectivity index (χ3n) is 3.31. The lowest BCUT2D eigenvalue weighted by Crippen LogP contribution is -2.42. The lowest BCUT2D eigenvalue weighted by atomic mass is 10.1. The fourth-order valence-corrected chi connectivity index (χ4v) is 2.21. The molecule has 1 heterocycles. The summed E-state index contributed by atoms with van der Waals surface area (Å²) in [5.41, 5.74) is 1.28. The van der Waals surface area contributed by atoms with Crippen molar-refractivity contribution in [3.63, 3.8) is 0 Å². The van der Waals surface area contributed by atoms with Crippen LogP contribution in [0.3, 0.4) is 0 Å². The molecule has 3 heteroatoms. The van der Waals surface area contributed by atoms with Crippen LogP contribution in [0.25, 0.3) is 0 Å². The fraction of sp³-hybridized carbons (Fsp3) is 0.500. The average molecular weight is 232 g/mol. The van der Waals surface area contributed by atoms with E-state index in [2.05, 4.69) is 17.4 Å². The van der Waals surface area contributed by atoms with Gasteiger partial charge in [0.15, 0.2) is 0 Å². The van der Waals surface area contributed by atoms with Crippen molar-refractivity contribution in [1.82, 2.24) is 10.2 Å². The molecule has 17 heavy (non-hydrogen) atoms. The molecule has 92 valence electrons. The molecule has 1 aromatic rings. The molecule has 1 aliphatic rings. The number of nitrogens with zero attached hydrogens (tertiary/aromatic N) is 1. The number of rotatable bonds is 4. The first kappa shape index (κ1) is 12.1. The topological polar surface area (TPSA) is 32.3 Å². The second-order valence-corrected chi connectivity index (χ2v) is 4.64. The molecule has 1 saturated heterocycles. The quantitative estimate of drug-likeness (QED) is 0.852. The molecule has 1 atom stereocenters. The number of likely N-dealkylation sites (N-methyl/N-ethyl adjacent to an activating group) is 1. The summed E-state index contributed by atoms with van der Waals surface area (Å²) in [6, 6.07) is 10.3. The van der Waals surface area contributed by atoms with Crippen molar-refractivity contribution < 1.29 is 4.79 Å². The number of hydrogen-bond acceptors (Lipinski definition) is 2. The SMILES string of the molecule is CN(CCc1ccccc1)C(=O)[C@H]1CCCN1. The van der Waals surface area contributed by atoms with Crippen LogP contribution in [0.1, 0.15) is 18.4 Å². The van der Waals surface area contributed by atoms with Gasteiger partial charge in [0.2, 0.25) is 5.91 Å². The predicted octanol–water partition coefficient (Wildman–Crippen LogP) is 1.44. The van der Waals surface area contributed by atoms with Crippen molar-refractivity contribution in [3.8, 4) is 0 Å². The van der Waals surface area contributed by atoms with Crippen LogP contribution in [-0.4, -0.2) is 37.0 Å². The zero-order valence-electron chi connectivity index (χ0n) is 10.4. The molecule has 1 amide bonds. The van der Waals surface area contributed by atoms with Crippen LogP contribution in [-0.2, 0) is 11.2 Å². The van der Waals surface area contributed by atoms with Crippen molar-refractivity contribution >= 4 is 5.91 Å². The van der Waals surface area contributed by atoms with Gasteiger partial charge in [-0.3, -0.25) is 4.79 Å². The Bertz CT molecular complexity index is 358. The minimum absolute atomic E-state index is 0.0516. The minimum atomic E-state index is 0.0516. The Hall–Kier alpha value is -1.35. The molecule has 1 fully saturated rings. The van der Waals surface area contributed by atoms with Crippen LogP contribution >= 0.6 is 0 Å². The lowest BCUT2D eigenvalue weighted by molar-refractivity contribution is -0.131. The smallest absolute Gasteiger partial charge is 0.239 e. The standard InChI is InChI=1S/C14H20N2O/c1-16(14(17)13-8-5-10-15-13)11-9-12-6-3-2-4-7-12/h2-4,6-7,13,15H,5,8-11H2,1H3/t13-/m1/s1. The Morgan fingerprint density at radius 1 is 1.41 bits per heavy atom. The average Bonchev–Trinajstić information content (AvgIpc) is 2.90. The number of nitrogens with one attached hydrogen (secondary N) is 1. The zero-order chi connectivity index (χ0) is 12.1. The van der Waals surface area contributed by atoms with Crippen LogP contribution in [0.4, 0.5) is 0 Å². The highest BCUT2D eigenvalue weighted by atomic mass is 16.2. The van der Waals surface area contributed by atoms with Crippen molar-refractivity contribution in [2.45, 2.75) is 25.3 Å². The summed E-state index contributed by atoms with van der Waals surface area (Å²) in [6.45, 7) is 1.77. The summed E-state index contributed by atoms with van der Waals surface area (Å²) in [7, 11) is 1.89. The van der Waals surface area contributed by atoms with Crippen molar-refractivity contribution in [3.05, 3.63) is 35.9 Å². The van der Waals surface area contributed by atoms with E-state index in [4.69, 9.17) is 0 Å². The maximum Gasteiger partial charge on any atom is 0.239 e. The third-order valence-corrected chi connectivity index (χ3v) is 3.31. The highest BCUT2D eigenvalue weighted by Gasteiger charge is 2.24. The van der Waals surface area contributed by atoms with E-state index in [0.29, 0.717) is 0 Å². The molecule has 0 bridgehead atoms. The van der Waals surface area contributed by atoms with E-state index in [1.807, 2.05) is 30.1 Å². The molecule has 0 unspecified atom stereocenters. The highest BCUT2D eigenvalue weighted by Crippen LogP contribution is 2.08. The number of carbonyl (C=O) groups is 1. The molecule has 1 N–H and O–H groups in total. The van der Waals surface area contributed by atoms with Gasteiger partial charge >= 0.3 is 0 Å². The van der Waals surface area contributed by atoms with E-state index < -0.39 is 0 Å². The van der Waals surface area contributed by atoms with Crippen LogP contribution in [0.5, 0.6) is 0 Å². The van der Waals surface area contributed by atoms with Crippen molar-refractivity contribution in [1.29, 1.82) is 0 Å². The highest BCUT2D eigenvalue weighted by molar-refractivity contribution is 5.81. The Balaban J connectivity index is 1.80. The summed E-state index contributed by atoms with van der Waals surface area (Å²) in [5, 5.41) is 3.24. The second kappa shape index (κ2) is 5.82. The Labute approximate surface area is 103 Å². The molecule has 0 saturated carbocycles. The third kappa shape index (κ3) is 3.30. The zero-order valence-corrected chi connectivity index (χ0v) is 10.4. The minimum Gasteiger partial charge on any atom is -0.344 e. The summed E-state index contributed by atoms with van der Waals surface area (Å²) in [5.74, 6) is 0.235. The van der Waals surface area contributed by atoms with Gasteiger partial charge in [0, 0.05) is 13.6 Å². The Kier molecular flexibility index (Phi) is 4.15. The van der Waals surface area contributed by atoms with Gasteiger partial charge in [-0.2, -0.15) is 0 Å². The number of hydrogen-bond donors (Lipinski definition) is 1. The van der Waals surface area contributed by atoms with Crippen LogP contribution < -0.4 is 5.32 Å². The molecule has 0 aromatic heterocycles. The van der Waals surface area contributed by atoms with Gasteiger partial charge in [0.05, 0.1) is 6.04 Å². The first-order valence-corrected chi connectivity index (χ1v) is 6.29. The Morgan fingerprint density at radius 3 is 2.82 bits per heavy atom. The van der Waals surface area contributed by atoms with Gasteiger partial charge in [-0.15, -0.1) is 0 Å². The van der Waals surface area contributed by atoms with Crippen LogP contribution in [0.15, 0.2) is 30.3 Å². The molecular weight excluding hydrogens is 212 g/mol. The van der Waals surface area contributed by atoms with Crippen molar-refractivity contribution in [2.24, 2.45) is 0 Å². The van der Waals surface area contributed by atoms with E-state index >= 15 is 0 Å². The van der Waals surface area contributed by atoms with E-state index in [9.17, 15) is 4.79 Å². The first-order chi connectivity index (χ1) is 8.27. The monoisotopic (exact) mass is 232 g/mol. The normalized spacial score (nSPS) is 19.2. The predicted molar refractivity (Wildman–Crippen MR) is 68.8 cm³/mol. The van der Waals surface area contributed by atoms with Gasteiger partial charge in [-0.05, 0) is 31.4 Å². The van der Waals surface area contributed by atoms with Gasteiger partial charge in [0.25, 0.3) is 0 Å². The first-order valence-electron chi connectivity index (χ1n) is 6.29. The number of amides is 1. The van der Waals surface area contributed by atoms with Gasteiger partial charge in [0.1, 0.15) is 0 Å². The number of carbonyl (C=O) groups excluding carboxylic acids is 1. The number of benzene rings is 1. The second-order valence-electron chi connectivity index (χ2n) is 4.64. The van der Waals surface area contributed by atoms with Crippen molar-refractivity contribution in [2.75, 3.05) is 20.1 Å². The van der Waals surface area contributed by atoms with Gasteiger partial charge in [-0.1, -0.05) is 30.3 Å². The van der Waals surface area contributed by atoms with Gasteiger partial charge < -0.3 is 10.2 Å². The molecule has 1 aliphatic heterocycles. The Morgan fingerprint density at radius 2 is 2.18 bits per heavy atom. The molecule has 0 aliphatic carbocycles. The molecule has 3 nitrogen and oxygen atoms in total. The van der Waals surface area contributed by atoms with E-state index in [-0.39, 0.29) is 11.9 Å². The largest absolute Gasteiger partial charge is 0.344 e. The maximum atomic E-state index is 12.0. The summed E-state index contributed by atoms with van der Waals surface area (Å²) >= 11 is 0. The maximum absolute atomic E-state index is 12.0. The molecule has 1 aromatic carbocycles. The molecule has 0 radical (unpaired) electrons. The molecule has 2 rings (SSSR count). The summed E-state index contributed by atoms with van der Waals surface area (Å²) in [6.07, 6.45) is 3.02. The van der Waals surface area contributed by atoms with E-state index in [1.165, 1.54) is 5.56 Å². The fourth-order valence-electron chi connectivity index (χ4n) is 2.21. The summed E-state index contributed by atoms with van der Waals surface area (Å²) in [4.78, 5) is 13.9. The molecular formula is C14H20N2O. The van der Waals surface area contributed by atoms with E-state index in [1.54, 1.807) is 0 Å². The van der Waals surface area contributed by atoms with Crippen LogP contribution in [0.2, 0.25) is 0 Å².